The summed E-state index contributed by atoms with van der Waals surface area (Å²) in [4.78, 5) is 4.11. The molecule has 1 fully saturated rings. The van der Waals surface area contributed by atoms with Crippen LogP contribution in [0.2, 0.25) is 0 Å². The number of hydrogen-bond acceptors (Lipinski definition) is 3. The molecule has 1 heterocycles. The van der Waals surface area contributed by atoms with E-state index in [-0.39, 0.29) is 0 Å². The van der Waals surface area contributed by atoms with Gasteiger partial charge in [0, 0.05) is 12.2 Å². The first-order valence-corrected chi connectivity index (χ1v) is 6.96. The van der Waals surface area contributed by atoms with Gasteiger partial charge in [0.15, 0.2) is 5.69 Å². The molecule has 1 saturated carbocycles. The van der Waals surface area contributed by atoms with Gasteiger partial charge in [0.1, 0.15) is 6.07 Å². The molecule has 1 aromatic rings. The third kappa shape index (κ3) is 3.01. The summed E-state index contributed by atoms with van der Waals surface area (Å²) in [6, 6.07) is 6.47. The molecule has 1 atom stereocenters. The molecule has 96 valence electrons. The minimum Gasteiger partial charge on any atom is -0.380 e. The van der Waals surface area contributed by atoms with E-state index in [0.717, 1.165) is 18.0 Å². The molecule has 1 unspecified atom stereocenters. The molecule has 0 aliphatic heterocycles. The molecule has 2 rings (SSSR count). The Hall–Kier alpha value is -1.56. The molecule has 3 nitrogen and oxygen atoms in total. The van der Waals surface area contributed by atoms with Crippen LogP contribution in [-0.2, 0) is 0 Å². The summed E-state index contributed by atoms with van der Waals surface area (Å²) in [6.07, 6.45) is 9.47. The van der Waals surface area contributed by atoms with Crippen LogP contribution in [0.1, 0.15) is 51.1 Å². The molecular formula is C15H21N3. The zero-order valence-electron chi connectivity index (χ0n) is 11.0. The molecule has 0 radical (unpaired) electrons. The standard InChI is InChI=1S/C15H21N3/c1-2-13(12-7-4-3-5-8-12)18-14-9-6-10-17-15(14)11-16/h6,9-10,12-13,18H,2-5,7-8H2,1H3. The second kappa shape index (κ2) is 6.39. The summed E-state index contributed by atoms with van der Waals surface area (Å²) in [5.41, 5.74) is 1.39. The number of nitrogens with one attached hydrogen (secondary N) is 1. The summed E-state index contributed by atoms with van der Waals surface area (Å²) in [7, 11) is 0. The fraction of sp³-hybridized carbons (Fsp3) is 0.600. The lowest BCUT2D eigenvalue weighted by molar-refractivity contribution is 0.313. The van der Waals surface area contributed by atoms with Gasteiger partial charge in [-0.25, -0.2) is 4.98 Å². The normalized spacial score (nSPS) is 18.0. The van der Waals surface area contributed by atoms with E-state index < -0.39 is 0 Å². The van der Waals surface area contributed by atoms with Crippen LogP contribution in [0.4, 0.5) is 5.69 Å². The number of pyridine rings is 1. The number of anilines is 1. The minimum atomic E-state index is 0.474. The van der Waals surface area contributed by atoms with Crippen LogP contribution in [0.5, 0.6) is 0 Å². The van der Waals surface area contributed by atoms with E-state index in [0.29, 0.717) is 11.7 Å². The van der Waals surface area contributed by atoms with Crippen LogP contribution >= 0.6 is 0 Å². The summed E-state index contributed by atoms with van der Waals surface area (Å²) < 4.78 is 0. The van der Waals surface area contributed by atoms with Crippen LogP contribution in [0.25, 0.3) is 0 Å². The fourth-order valence-corrected chi connectivity index (χ4v) is 2.90. The van der Waals surface area contributed by atoms with Gasteiger partial charge in [-0.3, -0.25) is 0 Å². The second-order valence-electron chi connectivity index (χ2n) is 5.07. The van der Waals surface area contributed by atoms with E-state index in [1.165, 1.54) is 32.1 Å². The summed E-state index contributed by atoms with van der Waals surface area (Å²) >= 11 is 0. The van der Waals surface area contributed by atoms with Crippen LogP contribution in [-0.4, -0.2) is 11.0 Å². The first kappa shape index (κ1) is 12.9. The lowest BCUT2D eigenvalue weighted by atomic mass is 9.83. The van der Waals surface area contributed by atoms with Crippen molar-refractivity contribution >= 4 is 5.69 Å². The van der Waals surface area contributed by atoms with Crippen molar-refractivity contribution in [3.63, 3.8) is 0 Å². The molecule has 0 spiro atoms. The molecule has 1 aromatic heterocycles. The van der Waals surface area contributed by atoms with Crippen molar-refractivity contribution in [2.24, 2.45) is 5.92 Å². The van der Waals surface area contributed by atoms with E-state index in [2.05, 4.69) is 23.3 Å². The molecule has 0 bridgehead atoms. The zero-order valence-corrected chi connectivity index (χ0v) is 11.0. The van der Waals surface area contributed by atoms with Gasteiger partial charge in [-0.1, -0.05) is 26.2 Å². The molecule has 0 aromatic carbocycles. The quantitative estimate of drug-likeness (QED) is 0.876. The average molecular weight is 243 g/mol. The summed E-state index contributed by atoms with van der Waals surface area (Å²) in [6.45, 7) is 2.22. The molecular weight excluding hydrogens is 222 g/mol. The van der Waals surface area contributed by atoms with Crippen molar-refractivity contribution in [1.29, 1.82) is 5.26 Å². The van der Waals surface area contributed by atoms with E-state index in [4.69, 9.17) is 5.26 Å². The molecule has 3 heteroatoms. The number of nitrogens with zero attached hydrogens (tertiary/aromatic N) is 2. The third-order valence-corrected chi connectivity index (χ3v) is 3.91. The van der Waals surface area contributed by atoms with Crippen LogP contribution in [0, 0.1) is 17.2 Å². The monoisotopic (exact) mass is 243 g/mol. The summed E-state index contributed by atoms with van der Waals surface area (Å²) in [5, 5.41) is 12.6. The van der Waals surface area contributed by atoms with Gasteiger partial charge >= 0.3 is 0 Å². The zero-order chi connectivity index (χ0) is 12.8. The predicted molar refractivity (Wildman–Crippen MR) is 73.2 cm³/mol. The van der Waals surface area contributed by atoms with Gasteiger partial charge in [-0.15, -0.1) is 0 Å². The average Bonchev–Trinajstić information content (AvgIpc) is 2.46. The Bertz CT molecular complexity index is 416. The van der Waals surface area contributed by atoms with Gasteiger partial charge in [0.2, 0.25) is 0 Å². The van der Waals surface area contributed by atoms with Gasteiger partial charge < -0.3 is 5.32 Å². The highest BCUT2D eigenvalue weighted by atomic mass is 14.9. The van der Waals surface area contributed by atoms with Crippen molar-refractivity contribution in [2.45, 2.75) is 51.5 Å². The number of aromatic nitrogens is 1. The Morgan fingerprint density at radius 1 is 1.44 bits per heavy atom. The maximum absolute atomic E-state index is 9.06. The lowest BCUT2D eigenvalue weighted by Gasteiger charge is -2.31. The number of rotatable bonds is 4. The Morgan fingerprint density at radius 2 is 2.22 bits per heavy atom. The van der Waals surface area contributed by atoms with Gasteiger partial charge in [0.05, 0.1) is 5.69 Å². The minimum absolute atomic E-state index is 0.474. The van der Waals surface area contributed by atoms with Gasteiger partial charge in [-0.05, 0) is 37.3 Å². The maximum Gasteiger partial charge on any atom is 0.163 e. The number of hydrogen-bond donors (Lipinski definition) is 1. The first-order chi connectivity index (χ1) is 8.85. The van der Waals surface area contributed by atoms with E-state index in [1.54, 1.807) is 6.20 Å². The van der Waals surface area contributed by atoms with Crippen molar-refractivity contribution in [1.82, 2.24) is 4.98 Å². The van der Waals surface area contributed by atoms with E-state index >= 15 is 0 Å². The molecule has 1 aliphatic rings. The predicted octanol–water partition coefficient (Wildman–Crippen LogP) is 3.72. The van der Waals surface area contributed by atoms with Crippen molar-refractivity contribution in [2.75, 3.05) is 5.32 Å². The Kier molecular flexibility index (Phi) is 4.58. The van der Waals surface area contributed by atoms with Gasteiger partial charge in [-0.2, -0.15) is 5.26 Å². The fourth-order valence-electron chi connectivity index (χ4n) is 2.90. The lowest BCUT2D eigenvalue weighted by Crippen LogP contribution is -2.30. The Balaban J connectivity index is 2.07. The Morgan fingerprint density at radius 3 is 2.89 bits per heavy atom. The molecule has 0 saturated heterocycles. The van der Waals surface area contributed by atoms with Crippen LogP contribution < -0.4 is 5.32 Å². The highest BCUT2D eigenvalue weighted by molar-refractivity contribution is 5.53. The second-order valence-corrected chi connectivity index (χ2v) is 5.07. The van der Waals surface area contributed by atoms with E-state index in [9.17, 15) is 0 Å². The van der Waals surface area contributed by atoms with Crippen LogP contribution in [0.15, 0.2) is 18.3 Å². The van der Waals surface area contributed by atoms with Gasteiger partial charge in [0.25, 0.3) is 0 Å². The number of nitriles is 1. The topological polar surface area (TPSA) is 48.7 Å². The molecule has 0 amide bonds. The SMILES string of the molecule is CCC(Nc1cccnc1C#N)C1CCCCC1. The molecule has 1 aliphatic carbocycles. The van der Waals surface area contributed by atoms with Crippen molar-refractivity contribution in [3.05, 3.63) is 24.0 Å². The smallest absolute Gasteiger partial charge is 0.163 e. The van der Waals surface area contributed by atoms with Crippen molar-refractivity contribution in [3.8, 4) is 6.07 Å². The maximum atomic E-state index is 9.06. The van der Waals surface area contributed by atoms with Crippen LogP contribution in [0.3, 0.4) is 0 Å². The molecule has 18 heavy (non-hydrogen) atoms. The van der Waals surface area contributed by atoms with Crippen molar-refractivity contribution < 1.29 is 0 Å². The summed E-state index contributed by atoms with van der Waals surface area (Å²) in [5.74, 6) is 0.746. The largest absolute Gasteiger partial charge is 0.380 e. The third-order valence-electron chi connectivity index (χ3n) is 3.91. The van der Waals surface area contributed by atoms with E-state index in [1.807, 2.05) is 12.1 Å². The first-order valence-electron chi connectivity index (χ1n) is 6.96. The highest BCUT2D eigenvalue weighted by Crippen LogP contribution is 2.29. The molecule has 1 N–H and O–H groups in total. The Labute approximate surface area is 109 Å². The highest BCUT2D eigenvalue weighted by Gasteiger charge is 2.22.